The van der Waals surface area contributed by atoms with Crippen molar-refractivity contribution in [1.82, 2.24) is 4.90 Å². The molecule has 0 aromatic rings. The number of likely N-dealkylation sites (N-methyl/N-ethyl adjacent to an activating group) is 1. The van der Waals surface area contributed by atoms with Crippen molar-refractivity contribution in [3.05, 3.63) is 12.7 Å². The molecule has 0 N–H and O–H groups in total. The van der Waals surface area contributed by atoms with Crippen molar-refractivity contribution >= 4 is 0 Å². The van der Waals surface area contributed by atoms with Crippen LogP contribution in [-0.4, -0.2) is 30.5 Å². The van der Waals surface area contributed by atoms with Crippen molar-refractivity contribution in [3.63, 3.8) is 0 Å². The molecule has 1 heterocycles. The van der Waals surface area contributed by atoms with Gasteiger partial charge in [-0.05, 0) is 7.05 Å². The van der Waals surface area contributed by atoms with Crippen LogP contribution < -0.4 is 0 Å². The highest BCUT2D eigenvalue weighted by atomic mass is 19.3. The van der Waals surface area contributed by atoms with Crippen LogP contribution >= 0.6 is 0 Å². The second kappa shape index (κ2) is 2.89. The number of hydrogen-bond acceptors (Lipinski definition) is 1. The monoisotopic (exact) mass is 161 g/mol. The van der Waals surface area contributed by atoms with Crippen LogP contribution in [0.15, 0.2) is 12.7 Å². The second-order valence-electron chi connectivity index (χ2n) is 3.09. The third-order valence-corrected chi connectivity index (χ3v) is 2.18. The molecular weight excluding hydrogens is 148 g/mol. The zero-order valence-corrected chi connectivity index (χ0v) is 6.69. The van der Waals surface area contributed by atoms with Gasteiger partial charge >= 0.3 is 0 Å². The number of alkyl halides is 2. The Morgan fingerprint density at radius 1 is 1.64 bits per heavy atom. The number of piperidine rings is 1. The van der Waals surface area contributed by atoms with Crippen molar-refractivity contribution < 1.29 is 8.78 Å². The molecule has 1 aliphatic heterocycles. The molecule has 64 valence electrons. The van der Waals surface area contributed by atoms with Gasteiger partial charge in [0.2, 0.25) is 0 Å². The van der Waals surface area contributed by atoms with E-state index in [1.54, 1.807) is 6.08 Å². The van der Waals surface area contributed by atoms with E-state index < -0.39 is 5.92 Å². The van der Waals surface area contributed by atoms with Gasteiger partial charge in [0.25, 0.3) is 5.92 Å². The first kappa shape index (κ1) is 8.65. The normalized spacial score (nSPS) is 31.7. The summed E-state index contributed by atoms with van der Waals surface area (Å²) in [5.41, 5.74) is 0. The van der Waals surface area contributed by atoms with Crippen molar-refractivity contribution in [2.75, 3.05) is 13.6 Å². The number of nitrogens with zero attached hydrogens (tertiary/aromatic N) is 1. The molecule has 0 aromatic heterocycles. The number of rotatable bonds is 1. The Morgan fingerprint density at radius 3 is 2.73 bits per heavy atom. The van der Waals surface area contributed by atoms with Gasteiger partial charge in [0.1, 0.15) is 0 Å². The highest BCUT2D eigenvalue weighted by Gasteiger charge is 2.37. The van der Waals surface area contributed by atoms with E-state index in [0.717, 1.165) is 0 Å². The zero-order valence-electron chi connectivity index (χ0n) is 6.69. The van der Waals surface area contributed by atoms with E-state index in [9.17, 15) is 8.78 Å². The van der Waals surface area contributed by atoms with E-state index in [1.165, 1.54) is 0 Å². The molecule has 0 bridgehead atoms. The molecule has 0 aliphatic carbocycles. The second-order valence-corrected chi connectivity index (χ2v) is 3.09. The van der Waals surface area contributed by atoms with Gasteiger partial charge < -0.3 is 0 Å². The summed E-state index contributed by atoms with van der Waals surface area (Å²) >= 11 is 0. The molecule has 1 nitrogen and oxygen atoms in total. The van der Waals surface area contributed by atoms with Gasteiger partial charge in [-0.1, -0.05) is 6.08 Å². The van der Waals surface area contributed by atoms with Crippen LogP contribution in [0.4, 0.5) is 8.78 Å². The first-order valence-corrected chi connectivity index (χ1v) is 3.76. The zero-order chi connectivity index (χ0) is 8.48. The minimum atomic E-state index is -2.48. The van der Waals surface area contributed by atoms with E-state index in [0.29, 0.717) is 6.54 Å². The lowest BCUT2D eigenvalue weighted by molar-refractivity contribution is -0.0635. The maximum Gasteiger partial charge on any atom is 0.251 e. The Labute approximate surface area is 65.7 Å². The Bertz CT molecular complexity index is 156. The number of hydrogen-bond donors (Lipinski definition) is 0. The Balaban J connectivity index is 2.58. The fourth-order valence-electron chi connectivity index (χ4n) is 1.33. The fraction of sp³-hybridized carbons (Fsp3) is 0.750. The predicted octanol–water partition coefficient (Wildman–Crippen LogP) is 1.90. The summed E-state index contributed by atoms with van der Waals surface area (Å²) in [6.45, 7) is 3.99. The summed E-state index contributed by atoms with van der Waals surface area (Å²) < 4.78 is 25.5. The van der Waals surface area contributed by atoms with E-state index in [2.05, 4.69) is 6.58 Å². The summed E-state index contributed by atoms with van der Waals surface area (Å²) in [5.74, 6) is -2.48. The first-order valence-electron chi connectivity index (χ1n) is 3.76. The van der Waals surface area contributed by atoms with Gasteiger partial charge in [0.15, 0.2) is 0 Å². The molecule has 3 heteroatoms. The molecule has 0 unspecified atom stereocenters. The molecule has 0 amide bonds. The van der Waals surface area contributed by atoms with Crippen LogP contribution in [-0.2, 0) is 0 Å². The van der Waals surface area contributed by atoms with Crippen molar-refractivity contribution in [2.24, 2.45) is 0 Å². The van der Waals surface area contributed by atoms with Gasteiger partial charge in [-0.3, -0.25) is 4.90 Å². The highest BCUT2D eigenvalue weighted by molar-refractivity contribution is 4.94. The van der Waals surface area contributed by atoms with Gasteiger partial charge in [-0.15, -0.1) is 6.58 Å². The number of likely N-dealkylation sites (tertiary alicyclic amines) is 1. The van der Waals surface area contributed by atoms with Crippen molar-refractivity contribution in [1.29, 1.82) is 0 Å². The van der Waals surface area contributed by atoms with E-state index >= 15 is 0 Å². The lowest BCUT2D eigenvalue weighted by Gasteiger charge is -2.34. The van der Waals surface area contributed by atoms with Gasteiger partial charge in [0, 0.05) is 25.4 Å². The molecule has 0 spiro atoms. The minimum absolute atomic E-state index is 0.0200. The summed E-state index contributed by atoms with van der Waals surface area (Å²) in [7, 11) is 1.85. The largest absolute Gasteiger partial charge is 0.300 e. The molecule has 1 rings (SSSR count). The Hall–Kier alpha value is -0.440. The Morgan fingerprint density at radius 2 is 2.27 bits per heavy atom. The highest BCUT2D eigenvalue weighted by Crippen LogP contribution is 2.31. The summed E-state index contributed by atoms with van der Waals surface area (Å²) in [6, 6.07) is -0.154. The lowest BCUT2D eigenvalue weighted by Crippen LogP contribution is -2.43. The molecule has 0 radical (unpaired) electrons. The molecule has 1 aliphatic rings. The maximum atomic E-state index is 12.7. The van der Waals surface area contributed by atoms with Crippen LogP contribution in [0.3, 0.4) is 0 Å². The van der Waals surface area contributed by atoms with Crippen LogP contribution in [0.25, 0.3) is 0 Å². The van der Waals surface area contributed by atoms with Crippen LogP contribution in [0.5, 0.6) is 0 Å². The summed E-state index contributed by atoms with van der Waals surface area (Å²) in [4.78, 5) is 1.91. The summed E-state index contributed by atoms with van der Waals surface area (Å²) in [5, 5.41) is 0. The van der Waals surface area contributed by atoms with Gasteiger partial charge in [-0.2, -0.15) is 0 Å². The van der Waals surface area contributed by atoms with Gasteiger partial charge in [-0.25, -0.2) is 8.78 Å². The minimum Gasteiger partial charge on any atom is -0.300 e. The van der Waals surface area contributed by atoms with Crippen molar-refractivity contribution in [2.45, 2.75) is 24.8 Å². The maximum absolute atomic E-state index is 12.7. The first-order chi connectivity index (χ1) is 5.05. The average Bonchev–Trinajstić information content (AvgIpc) is 1.94. The smallest absolute Gasteiger partial charge is 0.251 e. The predicted molar refractivity (Wildman–Crippen MR) is 40.8 cm³/mol. The molecule has 1 fully saturated rings. The van der Waals surface area contributed by atoms with Crippen LogP contribution in [0.2, 0.25) is 0 Å². The molecule has 1 atom stereocenters. The average molecular weight is 161 g/mol. The Kier molecular flexibility index (Phi) is 2.28. The quantitative estimate of drug-likeness (QED) is 0.531. The third kappa shape index (κ3) is 1.99. The SMILES string of the molecule is C=C[C@@H]1CC(F)(F)CCN1C. The molecule has 0 aromatic carbocycles. The molecule has 1 saturated heterocycles. The topological polar surface area (TPSA) is 3.24 Å². The van der Waals surface area contributed by atoms with Gasteiger partial charge in [0.05, 0.1) is 0 Å². The van der Waals surface area contributed by atoms with E-state index in [-0.39, 0.29) is 18.9 Å². The lowest BCUT2D eigenvalue weighted by atomic mass is 9.99. The van der Waals surface area contributed by atoms with Crippen LogP contribution in [0.1, 0.15) is 12.8 Å². The molecular formula is C8H13F2N. The third-order valence-electron chi connectivity index (χ3n) is 2.18. The van der Waals surface area contributed by atoms with Crippen molar-refractivity contribution in [3.8, 4) is 0 Å². The fourth-order valence-corrected chi connectivity index (χ4v) is 1.33. The standard InChI is InChI=1S/C8H13F2N/c1-3-7-6-8(9,10)4-5-11(7)2/h3,7H,1,4-6H2,2H3/t7-/m1/s1. The molecule has 11 heavy (non-hydrogen) atoms. The van der Waals surface area contributed by atoms with E-state index in [4.69, 9.17) is 0 Å². The van der Waals surface area contributed by atoms with E-state index in [1.807, 2.05) is 11.9 Å². The molecule has 0 saturated carbocycles. The van der Waals surface area contributed by atoms with Crippen LogP contribution in [0, 0.1) is 0 Å². The number of halogens is 2. The summed E-state index contributed by atoms with van der Waals surface area (Å²) in [6.07, 6.45) is 1.49.